The van der Waals surface area contributed by atoms with Crippen molar-refractivity contribution < 1.29 is 13.2 Å². The summed E-state index contributed by atoms with van der Waals surface area (Å²) in [5.74, 6) is 1.20. The first-order chi connectivity index (χ1) is 13.7. The van der Waals surface area contributed by atoms with Crippen LogP contribution in [-0.4, -0.2) is 36.4 Å². The van der Waals surface area contributed by atoms with E-state index in [4.69, 9.17) is 4.74 Å². The average Bonchev–Trinajstić information content (AvgIpc) is 2.96. The van der Waals surface area contributed by atoms with Crippen molar-refractivity contribution >= 4 is 10.0 Å². The molecule has 0 bridgehead atoms. The quantitative estimate of drug-likeness (QED) is 0.634. The zero-order valence-corrected chi connectivity index (χ0v) is 17.7. The van der Waals surface area contributed by atoms with Crippen molar-refractivity contribution in [3.8, 4) is 17.1 Å². The highest BCUT2D eigenvalue weighted by molar-refractivity contribution is 7.89. The molecule has 3 aromatic rings. The van der Waals surface area contributed by atoms with Crippen molar-refractivity contribution in [3.05, 3.63) is 64.1 Å². The molecule has 154 valence electrons. The molecule has 9 heteroatoms. The van der Waals surface area contributed by atoms with E-state index in [1.165, 1.54) is 9.25 Å². The Bertz CT molecular complexity index is 1180. The van der Waals surface area contributed by atoms with Crippen LogP contribution in [0.25, 0.3) is 11.4 Å². The molecule has 8 nitrogen and oxygen atoms in total. The number of nitrogens with one attached hydrogen (secondary N) is 1. The molecule has 3 rings (SSSR count). The molecule has 1 N–H and O–H groups in total. The van der Waals surface area contributed by atoms with Gasteiger partial charge in [-0.25, -0.2) is 22.6 Å². The second-order valence-corrected chi connectivity index (χ2v) is 8.52. The molecule has 0 amide bonds. The third kappa shape index (κ3) is 4.41. The maximum absolute atomic E-state index is 12.6. The Labute approximate surface area is 169 Å². The third-order valence-corrected chi connectivity index (χ3v) is 6.25. The number of rotatable bonds is 7. The van der Waals surface area contributed by atoms with E-state index in [9.17, 15) is 13.2 Å². The van der Waals surface area contributed by atoms with E-state index in [1.807, 2.05) is 25.1 Å². The maximum Gasteiger partial charge on any atom is 0.345 e. The first kappa shape index (κ1) is 20.8. The van der Waals surface area contributed by atoms with Crippen LogP contribution in [0.3, 0.4) is 0 Å². The van der Waals surface area contributed by atoms with Crippen molar-refractivity contribution in [2.75, 3.05) is 13.7 Å². The lowest BCUT2D eigenvalue weighted by atomic mass is 10.2. The van der Waals surface area contributed by atoms with Gasteiger partial charge in [-0.15, -0.1) is 5.10 Å². The van der Waals surface area contributed by atoms with E-state index in [2.05, 4.69) is 9.82 Å². The topological polar surface area (TPSA) is 95.2 Å². The summed E-state index contributed by atoms with van der Waals surface area (Å²) in [4.78, 5) is 12.7. The van der Waals surface area contributed by atoms with Crippen LogP contribution in [0.2, 0.25) is 0 Å². The predicted octanol–water partition coefficient (Wildman–Crippen LogP) is 1.85. The summed E-state index contributed by atoms with van der Waals surface area (Å²) in [6.07, 6.45) is 0. The molecule has 0 saturated heterocycles. The van der Waals surface area contributed by atoms with Crippen molar-refractivity contribution in [3.63, 3.8) is 0 Å². The normalized spacial score (nSPS) is 11.6. The van der Waals surface area contributed by atoms with E-state index in [-0.39, 0.29) is 23.7 Å². The Kier molecular flexibility index (Phi) is 5.90. The lowest BCUT2D eigenvalue weighted by molar-refractivity contribution is 0.415. The third-order valence-electron chi connectivity index (χ3n) is 4.62. The molecule has 0 aliphatic rings. The second-order valence-electron chi connectivity index (χ2n) is 6.78. The average molecular weight is 417 g/mol. The van der Waals surface area contributed by atoms with Crippen molar-refractivity contribution in [1.29, 1.82) is 0 Å². The van der Waals surface area contributed by atoms with Gasteiger partial charge in [-0.1, -0.05) is 17.7 Å². The van der Waals surface area contributed by atoms with Gasteiger partial charge in [0.25, 0.3) is 0 Å². The number of aryl methyl sites for hydroxylation is 2. The molecule has 0 unspecified atom stereocenters. The molecule has 0 fully saturated rings. The summed E-state index contributed by atoms with van der Waals surface area (Å²) in [7, 11) is -0.456. The summed E-state index contributed by atoms with van der Waals surface area (Å²) in [6, 6.07) is 12.4. The molecule has 0 aliphatic heterocycles. The molecule has 2 aromatic carbocycles. The number of aromatic nitrogens is 3. The van der Waals surface area contributed by atoms with Gasteiger partial charge in [-0.2, -0.15) is 0 Å². The van der Waals surface area contributed by atoms with Crippen LogP contribution in [0.5, 0.6) is 5.75 Å². The van der Waals surface area contributed by atoms with Crippen molar-refractivity contribution in [2.24, 2.45) is 7.05 Å². The van der Waals surface area contributed by atoms with Gasteiger partial charge in [0.2, 0.25) is 10.0 Å². The molecule has 0 atom stereocenters. The molecule has 0 radical (unpaired) electrons. The number of sulfonamides is 1. The number of hydrogen-bond donors (Lipinski definition) is 1. The van der Waals surface area contributed by atoms with Crippen LogP contribution in [-0.2, 0) is 23.6 Å². The number of hydrogen-bond acceptors (Lipinski definition) is 5. The Morgan fingerprint density at radius 2 is 1.79 bits per heavy atom. The first-order valence-corrected chi connectivity index (χ1v) is 10.6. The summed E-state index contributed by atoms with van der Waals surface area (Å²) >= 11 is 0. The number of methoxy groups -OCH3 is 1. The summed E-state index contributed by atoms with van der Waals surface area (Å²) in [5, 5.41) is 4.35. The molecule has 0 saturated carbocycles. The summed E-state index contributed by atoms with van der Waals surface area (Å²) < 4.78 is 35.5. The fraction of sp³-hybridized carbons (Fsp3) is 0.300. The molecule has 0 spiro atoms. The van der Waals surface area contributed by atoms with Gasteiger partial charge < -0.3 is 4.74 Å². The first-order valence-electron chi connectivity index (χ1n) is 9.08. The minimum absolute atomic E-state index is 0.0502. The fourth-order valence-electron chi connectivity index (χ4n) is 3.09. The fourth-order valence-corrected chi connectivity index (χ4v) is 4.34. The lowest BCUT2D eigenvalue weighted by Gasteiger charge is -2.09. The smallest absolute Gasteiger partial charge is 0.345 e. The number of ether oxygens (including phenoxy) is 1. The monoisotopic (exact) mass is 416 g/mol. The Morgan fingerprint density at radius 3 is 2.41 bits per heavy atom. The van der Waals surface area contributed by atoms with Crippen LogP contribution in [0.4, 0.5) is 0 Å². The second kappa shape index (κ2) is 8.22. The van der Waals surface area contributed by atoms with E-state index < -0.39 is 10.0 Å². The van der Waals surface area contributed by atoms with Crippen molar-refractivity contribution in [2.45, 2.75) is 25.3 Å². The van der Waals surface area contributed by atoms with Gasteiger partial charge in [0.1, 0.15) is 5.75 Å². The Morgan fingerprint density at radius 1 is 1.10 bits per heavy atom. The van der Waals surface area contributed by atoms with Crippen LogP contribution in [0.15, 0.2) is 52.2 Å². The number of nitrogens with zero attached hydrogens (tertiary/aromatic N) is 3. The highest BCUT2D eigenvalue weighted by Gasteiger charge is 2.17. The van der Waals surface area contributed by atoms with Crippen LogP contribution in [0, 0.1) is 13.8 Å². The maximum atomic E-state index is 12.6. The minimum Gasteiger partial charge on any atom is -0.497 e. The largest absolute Gasteiger partial charge is 0.497 e. The Balaban J connectivity index is 1.75. The highest BCUT2D eigenvalue weighted by Crippen LogP contribution is 2.19. The van der Waals surface area contributed by atoms with Gasteiger partial charge >= 0.3 is 5.69 Å². The highest BCUT2D eigenvalue weighted by atomic mass is 32.2. The van der Waals surface area contributed by atoms with Gasteiger partial charge in [0.15, 0.2) is 5.82 Å². The Hall–Kier alpha value is -2.91. The molecular weight excluding hydrogens is 392 g/mol. The molecular formula is C20H24N4O4S. The standard InChI is InChI=1S/C20H24N4O4S/c1-14-5-10-18(15(2)13-14)29(26,27)21-11-12-24-20(25)23(3)19(22-24)16-6-8-17(28-4)9-7-16/h5-10,13,21H,11-12H2,1-4H3. The summed E-state index contributed by atoms with van der Waals surface area (Å²) in [5.41, 5.74) is 2.11. The molecule has 29 heavy (non-hydrogen) atoms. The van der Waals surface area contributed by atoms with Crippen LogP contribution < -0.4 is 15.1 Å². The zero-order chi connectivity index (χ0) is 21.2. The SMILES string of the molecule is COc1ccc(-c2nn(CCNS(=O)(=O)c3ccc(C)cc3C)c(=O)n2C)cc1. The predicted molar refractivity (Wildman–Crippen MR) is 111 cm³/mol. The molecule has 0 aliphatic carbocycles. The van der Waals surface area contributed by atoms with E-state index in [0.29, 0.717) is 17.1 Å². The minimum atomic E-state index is -3.67. The van der Waals surface area contributed by atoms with Gasteiger partial charge in [0.05, 0.1) is 18.6 Å². The van der Waals surface area contributed by atoms with Crippen LogP contribution in [0.1, 0.15) is 11.1 Å². The summed E-state index contributed by atoms with van der Waals surface area (Å²) in [6.45, 7) is 3.83. The van der Waals surface area contributed by atoms with Crippen molar-refractivity contribution in [1.82, 2.24) is 19.1 Å². The molecule has 1 heterocycles. The number of benzene rings is 2. The van der Waals surface area contributed by atoms with Gasteiger partial charge in [-0.3, -0.25) is 4.57 Å². The van der Waals surface area contributed by atoms with Crippen LogP contribution >= 0.6 is 0 Å². The lowest BCUT2D eigenvalue weighted by Crippen LogP contribution is -2.32. The molecule has 1 aromatic heterocycles. The van der Waals surface area contributed by atoms with E-state index in [0.717, 1.165) is 11.1 Å². The van der Waals surface area contributed by atoms with E-state index >= 15 is 0 Å². The van der Waals surface area contributed by atoms with Gasteiger partial charge in [0, 0.05) is 19.2 Å². The van der Waals surface area contributed by atoms with Gasteiger partial charge in [-0.05, 0) is 49.7 Å². The van der Waals surface area contributed by atoms with E-state index in [1.54, 1.807) is 45.3 Å². The zero-order valence-electron chi connectivity index (χ0n) is 16.8.